The average Bonchev–Trinajstić information content (AvgIpc) is 3.06. The van der Waals surface area contributed by atoms with E-state index in [0.29, 0.717) is 18.4 Å². The molecule has 0 spiro atoms. The zero-order valence-corrected chi connectivity index (χ0v) is 18.4. The van der Waals surface area contributed by atoms with Crippen LogP contribution in [0.2, 0.25) is 0 Å². The average molecular weight is 428 g/mol. The SMILES string of the molecule is Cc1ccc(C(=S)c2[nH]c(CCC(C)(c3cccnc3)S(N)(=O)=O)cc2C)cc1. The van der Waals surface area contributed by atoms with Crippen LogP contribution < -0.4 is 5.14 Å². The highest BCUT2D eigenvalue weighted by molar-refractivity contribution is 7.90. The third-order valence-electron chi connectivity index (χ3n) is 5.38. The maximum Gasteiger partial charge on any atom is 0.218 e. The first-order valence-corrected chi connectivity index (χ1v) is 11.3. The smallest absolute Gasteiger partial charge is 0.218 e. The van der Waals surface area contributed by atoms with Crippen LogP contribution in [0.25, 0.3) is 0 Å². The zero-order chi connectivity index (χ0) is 21.2. The molecule has 0 aliphatic carbocycles. The summed E-state index contributed by atoms with van der Waals surface area (Å²) in [6.45, 7) is 5.68. The first-order valence-electron chi connectivity index (χ1n) is 9.34. The number of aromatic nitrogens is 2. The Kier molecular flexibility index (Phi) is 6.03. The maximum absolute atomic E-state index is 12.4. The van der Waals surface area contributed by atoms with Gasteiger partial charge in [0.1, 0.15) is 4.75 Å². The molecule has 29 heavy (non-hydrogen) atoms. The highest BCUT2D eigenvalue weighted by Gasteiger charge is 2.38. The summed E-state index contributed by atoms with van der Waals surface area (Å²) < 4.78 is 23.5. The summed E-state index contributed by atoms with van der Waals surface area (Å²) in [5.74, 6) is 0. The second-order valence-electron chi connectivity index (χ2n) is 7.57. The Morgan fingerprint density at radius 1 is 1.21 bits per heavy atom. The van der Waals surface area contributed by atoms with Crippen molar-refractivity contribution in [2.24, 2.45) is 5.14 Å². The van der Waals surface area contributed by atoms with Gasteiger partial charge < -0.3 is 4.98 Å². The summed E-state index contributed by atoms with van der Waals surface area (Å²) in [5.41, 5.74) is 5.58. The van der Waals surface area contributed by atoms with E-state index in [1.54, 1.807) is 31.5 Å². The lowest BCUT2D eigenvalue weighted by atomic mass is 9.95. The predicted octanol–water partition coefficient (Wildman–Crippen LogP) is 3.93. The topological polar surface area (TPSA) is 88.8 Å². The molecule has 3 rings (SSSR count). The number of nitrogens with two attached hydrogens (primary N) is 1. The van der Waals surface area contributed by atoms with Gasteiger partial charge in [0, 0.05) is 18.1 Å². The number of pyridine rings is 1. The molecule has 2 aromatic heterocycles. The van der Waals surface area contributed by atoms with E-state index in [0.717, 1.165) is 27.4 Å². The Balaban J connectivity index is 1.85. The molecule has 0 bridgehead atoms. The molecule has 0 saturated carbocycles. The Hall–Kier alpha value is -2.35. The summed E-state index contributed by atoms with van der Waals surface area (Å²) >= 11 is 5.67. The third kappa shape index (κ3) is 4.47. The fraction of sp³-hybridized carbons (Fsp3) is 0.273. The number of H-pyrrole nitrogens is 1. The van der Waals surface area contributed by atoms with E-state index in [2.05, 4.69) is 9.97 Å². The van der Waals surface area contributed by atoms with Crippen LogP contribution >= 0.6 is 12.2 Å². The van der Waals surface area contributed by atoms with Crippen molar-refractivity contribution in [3.8, 4) is 0 Å². The number of nitrogens with one attached hydrogen (secondary N) is 1. The number of thiocarbonyl (C=S) groups is 1. The van der Waals surface area contributed by atoms with E-state index in [9.17, 15) is 8.42 Å². The van der Waals surface area contributed by atoms with Crippen LogP contribution in [0.3, 0.4) is 0 Å². The molecule has 152 valence electrons. The largest absolute Gasteiger partial charge is 0.357 e. The van der Waals surface area contributed by atoms with Gasteiger partial charge in [-0.25, -0.2) is 13.6 Å². The number of sulfonamides is 1. The first-order chi connectivity index (χ1) is 13.6. The Labute approximate surface area is 177 Å². The van der Waals surface area contributed by atoms with E-state index in [-0.39, 0.29) is 0 Å². The van der Waals surface area contributed by atoms with Gasteiger partial charge >= 0.3 is 0 Å². The molecule has 0 amide bonds. The Morgan fingerprint density at radius 2 is 1.90 bits per heavy atom. The number of primary sulfonamides is 1. The van der Waals surface area contributed by atoms with Gasteiger partial charge in [0.05, 0.1) is 10.6 Å². The van der Waals surface area contributed by atoms with E-state index >= 15 is 0 Å². The van der Waals surface area contributed by atoms with Gasteiger partial charge in [0.2, 0.25) is 10.0 Å². The van der Waals surface area contributed by atoms with E-state index in [1.165, 1.54) is 5.56 Å². The fourth-order valence-electron chi connectivity index (χ4n) is 3.35. The Morgan fingerprint density at radius 3 is 2.48 bits per heavy atom. The number of hydrogen-bond acceptors (Lipinski definition) is 4. The van der Waals surface area contributed by atoms with Crippen LogP contribution in [0.1, 0.15) is 47.0 Å². The summed E-state index contributed by atoms with van der Waals surface area (Å²) in [6, 6.07) is 13.6. The number of aromatic amines is 1. The third-order valence-corrected chi connectivity index (χ3v) is 7.52. The van der Waals surface area contributed by atoms with Crippen molar-refractivity contribution in [3.63, 3.8) is 0 Å². The normalized spacial score (nSPS) is 13.8. The van der Waals surface area contributed by atoms with Gasteiger partial charge in [-0.2, -0.15) is 0 Å². The minimum Gasteiger partial charge on any atom is -0.357 e. The molecule has 0 fully saturated rings. The van der Waals surface area contributed by atoms with Crippen molar-refractivity contribution in [2.75, 3.05) is 0 Å². The number of benzene rings is 1. The van der Waals surface area contributed by atoms with Gasteiger partial charge in [-0.15, -0.1) is 0 Å². The monoisotopic (exact) mass is 427 g/mol. The van der Waals surface area contributed by atoms with E-state index in [4.69, 9.17) is 17.4 Å². The predicted molar refractivity (Wildman–Crippen MR) is 121 cm³/mol. The highest BCUT2D eigenvalue weighted by atomic mass is 32.2. The second kappa shape index (κ2) is 8.18. The quantitative estimate of drug-likeness (QED) is 0.442. The van der Waals surface area contributed by atoms with Crippen LogP contribution in [0, 0.1) is 13.8 Å². The minimum atomic E-state index is -3.83. The fourth-order valence-corrected chi connectivity index (χ4v) is 4.53. The van der Waals surface area contributed by atoms with Gasteiger partial charge in [-0.3, -0.25) is 4.98 Å². The Bertz CT molecular complexity index is 1120. The van der Waals surface area contributed by atoms with Gasteiger partial charge in [0.25, 0.3) is 0 Å². The van der Waals surface area contributed by atoms with Crippen molar-refractivity contribution in [1.82, 2.24) is 9.97 Å². The molecule has 3 aromatic rings. The van der Waals surface area contributed by atoms with Gasteiger partial charge in [-0.05, 0) is 62.4 Å². The summed E-state index contributed by atoms with van der Waals surface area (Å²) in [4.78, 5) is 8.18. The molecule has 2 heterocycles. The lowest BCUT2D eigenvalue weighted by Crippen LogP contribution is -2.38. The molecule has 3 N–H and O–H groups in total. The van der Waals surface area contributed by atoms with Gasteiger partial charge in [-0.1, -0.05) is 48.1 Å². The number of rotatable bonds is 7. The van der Waals surface area contributed by atoms with Gasteiger partial charge in [0.15, 0.2) is 0 Å². The van der Waals surface area contributed by atoms with Crippen molar-refractivity contribution in [3.05, 3.63) is 88.5 Å². The molecule has 0 aliphatic rings. The lowest BCUT2D eigenvalue weighted by Gasteiger charge is -2.27. The van der Waals surface area contributed by atoms with Crippen LogP contribution in [-0.4, -0.2) is 23.3 Å². The van der Waals surface area contributed by atoms with E-state index in [1.807, 2.05) is 44.2 Å². The molecule has 7 heteroatoms. The molecular weight excluding hydrogens is 402 g/mol. The van der Waals surface area contributed by atoms with Crippen molar-refractivity contribution in [2.45, 2.75) is 38.4 Å². The second-order valence-corrected chi connectivity index (χ2v) is 9.96. The molecule has 5 nitrogen and oxygen atoms in total. The van der Waals surface area contributed by atoms with Crippen molar-refractivity contribution < 1.29 is 8.42 Å². The highest BCUT2D eigenvalue weighted by Crippen LogP contribution is 2.33. The van der Waals surface area contributed by atoms with Crippen molar-refractivity contribution >= 4 is 27.1 Å². The molecule has 1 aromatic carbocycles. The minimum absolute atomic E-state index is 0.328. The van der Waals surface area contributed by atoms with Crippen LogP contribution in [-0.2, 0) is 21.2 Å². The molecule has 0 aliphatic heterocycles. The van der Waals surface area contributed by atoms with Crippen LogP contribution in [0.15, 0.2) is 54.9 Å². The van der Waals surface area contributed by atoms with Crippen LogP contribution in [0.5, 0.6) is 0 Å². The number of hydrogen-bond donors (Lipinski definition) is 2. The summed E-state index contributed by atoms with van der Waals surface area (Å²) in [7, 11) is -3.83. The molecule has 1 unspecified atom stereocenters. The van der Waals surface area contributed by atoms with Crippen LogP contribution in [0.4, 0.5) is 0 Å². The molecule has 1 atom stereocenters. The first kappa shape index (κ1) is 21.4. The lowest BCUT2D eigenvalue weighted by molar-refractivity contribution is 0.515. The van der Waals surface area contributed by atoms with E-state index < -0.39 is 14.8 Å². The number of aryl methyl sites for hydroxylation is 3. The molecule has 0 saturated heterocycles. The maximum atomic E-state index is 12.4. The summed E-state index contributed by atoms with van der Waals surface area (Å²) in [5, 5.41) is 5.60. The summed E-state index contributed by atoms with van der Waals surface area (Å²) in [6.07, 6.45) is 4.01. The zero-order valence-electron chi connectivity index (χ0n) is 16.8. The molecule has 0 radical (unpaired) electrons. The standard InChI is InChI=1S/C22H25N3O2S2/c1-15-6-8-17(9-7-15)21(28)20-16(2)13-19(25-20)10-11-22(3,29(23,26)27)18-5-4-12-24-14-18/h4-9,12-14,25H,10-11H2,1-3H3,(H2,23,26,27). The van der Waals surface area contributed by atoms with Crippen molar-refractivity contribution in [1.29, 1.82) is 0 Å². The number of nitrogens with zero attached hydrogens (tertiary/aromatic N) is 1. The molecular formula is C22H25N3O2S2.